The SMILES string of the molecule is CCCOC1C(O)CC1Oc1ccc(C(C)(C)C)cc1. The van der Waals surface area contributed by atoms with Crippen LogP contribution in [0.2, 0.25) is 0 Å². The van der Waals surface area contributed by atoms with E-state index >= 15 is 0 Å². The van der Waals surface area contributed by atoms with Crippen LogP contribution in [0.25, 0.3) is 0 Å². The number of benzene rings is 1. The molecule has 0 heterocycles. The molecule has 0 bridgehead atoms. The van der Waals surface area contributed by atoms with Crippen molar-refractivity contribution in [3.63, 3.8) is 0 Å². The van der Waals surface area contributed by atoms with Gasteiger partial charge in [0, 0.05) is 13.0 Å². The third-order valence-electron chi connectivity index (χ3n) is 3.74. The molecule has 1 aliphatic rings. The molecule has 1 fully saturated rings. The fourth-order valence-electron chi connectivity index (χ4n) is 2.35. The van der Waals surface area contributed by atoms with Gasteiger partial charge in [-0.05, 0) is 29.5 Å². The largest absolute Gasteiger partial charge is 0.488 e. The smallest absolute Gasteiger partial charge is 0.130 e. The highest BCUT2D eigenvalue weighted by Crippen LogP contribution is 2.30. The van der Waals surface area contributed by atoms with E-state index in [1.807, 2.05) is 12.1 Å². The Hall–Kier alpha value is -1.06. The van der Waals surface area contributed by atoms with Gasteiger partial charge in [0.25, 0.3) is 0 Å². The number of rotatable bonds is 5. The Morgan fingerprint density at radius 3 is 2.35 bits per heavy atom. The van der Waals surface area contributed by atoms with Crippen LogP contribution in [0.1, 0.15) is 46.1 Å². The van der Waals surface area contributed by atoms with Gasteiger partial charge >= 0.3 is 0 Å². The van der Waals surface area contributed by atoms with Crippen LogP contribution in [0.3, 0.4) is 0 Å². The van der Waals surface area contributed by atoms with E-state index in [2.05, 4.69) is 39.8 Å². The molecule has 1 aliphatic carbocycles. The summed E-state index contributed by atoms with van der Waals surface area (Å²) in [6.07, 6.45) is 1.00. The summed E-state index contributed by atoms with van der Waals surface area (Å²) in [6.45, 7) is 9.32. The van der Waals surface area contributed by atoms with Gasteiger partial charge in [-0.25, -0.2) is 0 Å². The topological polar surface area (TPSA) is 38.7 Å². The van der Waals surface area contributed by atoms with Crippen molar-refractivity contribution in [2.75, 3.05) is 6.61 Å². The lowest BCUT2D eigenvalue weighted by molar-refractivity contribution is -0.162. The number of ether oxygens (including phenoxy) is 2. The zero-order valence-corrected chi connectivity index (χ0v) is 12.9. The molecule has 0 saturated heterocycles. The Morgan fingerprint density at radius 1 is 1.20 bits per heavy atom. The Balaban J connectivity index is 1.93. The van der Waals surface area contributed by atoms with Crippen LogP contribution in [0.4, 0.5) is 0 Å². The normalized spacial score (nSPS) is 26.1. The number of hydrogen-bond acceptors (Lipinski definition) is 3. The minimum Gasteiger partial charge on any atom is -0.488 e. The second-order valence-electron chi connectivity index (χ2n) is 6.57. The van der Waals surface area contributed by atoms with Crippen LogP contribution in [-0.2, 0) is 10.2 Å². The first-order valence-corrected chi connectivity index (χ1v) is 7.48. The van der Waals surface area contributed by atoms with Gasteiger partial charge in [0.05, 0.1) is 6.10 Å². The van der Waals surface area contributed by atoms with E-state index in [0.717, 1.165) is 12.2 Å². The summed E-state index contributed by atoms with van der Waals surface area (Å²) in [5.41, 5.74) is 1.44. The molecule has 0 aromatic heterocycles. The Bertz CT molecular complexity index is 419. The highest BCUT2D eigenvalue weighted by molar-refractivity contribution is 5.31. The van der Waals surface area contributed by atoms with Gasteiger partial charge in [0.2, 0.25) is 0 Å². The second kappa shape index (κ2) is 6.15. The van der Waals surface area contributed by atoms with Crippen molar-refractivity contribution in [1.29, 1.82) is 0 Å². The lowest BCUT2D eigenvalue weighted by Gasteiger charge is -2.40. The van der Waals surface area contributed by atoms with Crippen LogP contribution >= 0.6 is 0 Å². The Kier molecular flexibility index (Phi) is 4.71. The average molecular weight is 278 g/mol. The molecule has 0 amide bonds. The number of aliphatic hydroxyl groups is 1. The number of hydrogen-bond donors (Lipinski definition) is 1. The number of aliphatic hydroxyl groups excluding tert-OH is 1. The van der Waals surface area contributed by atoms with E-state index < -0.39 is 0 Å². The van der Waals surface area contributed by atoms with Gasteiger partial charge in [0.15, 0.2) is 0 Å². The highest BCUT2D eigenvalue weighted by Gasteiger charge is 2.42. The molecule has 112 valence electrons. The first-order chi connectivity index (χ1) is 9.41. The van der Waals surface area contributed by atoms with Crippen LogP contribution in [0.5, 0.6) is 5.75 Å². The summed E-state index contributed by atoms with van der Waals surface area (Å²) in [5.74, 6) is 0.847. The van der Waals surface area contributed by atoms with Crippen molar-refractivity contribution in [2.45, 2.75) is 64.3 Å². The summed E-state index contributed by atoms with van der Waals surface area (Å²) in [7, 11) is 0. The Labute approximate surface area is 121 Å². The van der Waals surface area contributed by atoms with Crippen LogP contribution in [0.15, 0.2) is 24.3 Å². The van der Waals surface area contributed by atoms with E-state index in [0.29, 0.717) is 13.0 Å². The molecule has 3 nitrogen and oxygen atoms in total. The summed E-state index contributed by atoms with van der Waals surface area (Å²) < 4.78 is 11.5. The summed E-state index contributed by atoms with van der Waals surface area (Å²) in [4.78, 5) is 0. The molecule has 0 spiro atoms. The first kappa shape index (κ1) is 15.3. The quantitative estimate of drug-likeness (QED) is 0.898. The molecule has 3 unspecified atom stereocenters. The molecule has 1 saturated carbocycles. The maximum absolute atomic E-state index is 9.73. The van der Waals surface area contributed by atoms with E-state index in [9.17, 15) is 5.11 Å². The fourth-order valence-corrected chi connectivity index (χ4v) is 2.35. The molecule has 1 aromatic carbocycles. The van der Waals surface area contributed by atoms with Crippen LogP contribution in [-0.4, -0.2) is 30.0 Å². The molecular weight excluding hydrogens is 252 g/mol. The van der Waals surface area contributed by atoms with Gasteiger partial charge in [-0.15, -0.1) is 0 Å². The second-order valence-corrected chi connectivity index (χ2v) is 6.57. The molecule has 3 heteroatoms. The van der Waals surface area contributed by atoms with Crippen molar-refractivity contribution in [2.24, 2.45) is 0 Å². The standard InChI is InChI=1S/C17H26O3/c1-5-10-19-16-14(18)11-15(16)20-13-8-6-12(7-9-13)17(2,3)4/h6-9,14-16,18H,5,10-11H2,1-4H3. The molecule has 20 heavy (non-hydrogen) atoms. The highest BCUT2D eigenvalue weighted by atomic mass is 16.6. The van der Waals surface area contributed by atoms with Crippen LogP contribution in [0, 0.1) is 0 Å². The minimum atomic E-state index is -0.389. The summed E-state index contributed by atoms with van der Waals surface area (Å²) >= 11 is 0. The molecule has 1 aromatic rings. The predicted molar refractivity (Wildman–Crippen MR) is 80.2 cm³/mol. The fraction of sp³-hybridized carbons (Fsp3) is 0.647. The van der Waals surface area contributed by atoms with E-state index in [4.69, 9.17) is 9.47 Å². The maximum Gasteiger partial charge on any atom is 0.130 e. The van der Waals surface area contributed by atoms with Crippen molar-refractivity contribution < 1.29 is 14.6 Å². The lowest BCUT2D eigenvalue weighted by atomic mass is 9.87. The van der Waals surface area contributed by atoms with Crippen molar-refractivity contribution in [3.05, 3.63) is 29.8 Å². The zero-order valence-electron chi connectivity index (χ0n) is 12.9. The maximum atomic E-state index is 9.73. The van der Waals surface area contributed by atoms with Crippen molar-refractivity contribution in [3.8, 4) is 5.75 Å². The van der Waals surface area contributed by atoms with Gasteiger partial charge in [-0.3, -0.25) is 0 Å². The molecule has 1 N–H and O–H groups in total. The van der Waals surface area contributed by atoms with Gasteiger partial charge < -0.3 is 14.6 Å². The molecule has 3 atom stereocenters. The van der Waals surface area contributed by atoms with E-state index in [-0.39, 0.29) is 23.7 Å². The third kappa shape index (κ3) is 3.53. The first-order valence-electron chi connectivity index (χ1n) is 7.48. The predicted octanol–water partition coefficient (Wildman–Crippen LogP) is 3.29. The van der Waals surface area contributed by atoms with Gasteiger partial charge in [0.1, 0.15) is 18.0 Å². The van der Waals surface area contributed by atoms with Gasteiger partial charge in [-0.2, -0.15) is 0 Å². The van der Waals surface area contributed by atoms with Crippen molar-refractivity contribution in [1.82, 2.24) is 0 Å². The molecule has 2 rings (SSSR count). The van der Waals surface area contributed by atoms with E-state index in [1.54, 1.807) is 0 Å². The van der Waals surface area contributed by atoms with E-state index in [1.165, 1.54) is 5.56 Å². The zero-order chi connectivity index (χ0) is 14.8. The Morgan fingerprint density at radius 2 is 1.85 bits per heavy atom. The lowest BCUT2D eigenvalue weighted by Crippen LogP contribution is -2.55. The summed E-state index contributed by atoms with van der Waals surface area (Å²) in [5, 5.41) is 9.73. The molecular formula is C17H26O3. The van der Waals surface area contributed by atoms with Gasteiger partial charge in [-0.1, -0.05) is 39.8 Å². The summed E-state index contributed by atoms with van der Waals surface area (Å²) in [6, 6.07) is 8.21. The average Bonchev–Trinajstić information content (AvgIpc) is 2.38. The molecule has 0 radical (unpaired) electrons. The molecule has 0 aliphatic heterocycles. The van der Waals surface area contributed by atoms with Crippen molar-refractivity contribution >= 4 is 0 Å². The minimum absolute atomic E-state index is 0.0305. The van der Waals surface area contributed by atoms with Crippen LogP contribution < -0.4 is 4.74 Å². The third-order valence-corrected chi connectivity index (χ3v) is 3.74. The monoisotopic (exact) mass is 278 g/mol.